The molecule has 1 fully saturated rings. The lowest BCUT2D eigenvalue weighted by Gasteiger charge is -2.26. The van der Waals surface area contributed by atoms with Gasteiger partial charge >= 0.3 is 0 Å². The summed E-state index contributed by atoms with van der Waals surface area (Å²) in [4.78, 5) is 28.0. The highest BCUT2D eigenvalue weighted by atomic mass is 19.1. The normalized spacial score (nSPS) is 16.6. The molecule has 0 radical (unpaired) electrons. The van der Waals surface area contributed by atoms with Crippen molar-refractivity contribution in [1.29, 1.82) is 0 Å². The number of Topliss-reactive ketones (excluding diaryl/α,β-unsaturated/α-hetero) is 1. The molecule has 3 aromatic rings. The smallest absolute Gasteiger partial charge is 0.300 e. The van der Waals surface area contributed by atoms with E-state index in [1.165, 1.54) is 39.5 Å². The zero-order chi connectivity index (χ0) is 27.6. The minimum Gasteiger partial charge on any atom is -0.507 e. The first-order valence-electron chi connectivity index (χ1n) is 11.8. The molecule has 0 aromatic heterocycles. The van der Waals surface area contributed by atoms with Crippen LogP contribution in [0, 0.1) is 5.82 Å². The van der Waals surface area contributed by atoms with Crippen LogP contribution in [0.5, 0.6) is 23.0 Å². The zero-order valence-corrected chi connectivity index (χ0v) is 21.7. The van der Waals surface area contributed by atoms with Crippen molar-refractivity contribution in [2.75, 3.05) is 26.2 Å². The van der Waals surface area contributed by atoms with Gasteiger partial charge in [-0.1, -0.05) is 18.2 Å². The van der Waals surface area contributed by atoms with E-state index in [9.17, 15) is 19.1 Å². The number of carbonyl (C=O) groups is 2. The summed E-state index contributed by atoms with van der Waals surface area (Å²) in [7, 11) is 4.32. The van der Waals surface area contributed by atoms with E-state index in [0.29, 0.717) is 17.1 Å². The van der Waals surface area contributed by atoms with E-state index in [0.717, 1.165) is 11.0 Å². The first kappa shape index (κ1) is 26.5. The fourth-order valence-electron chi connectivity index (χ4n) is 4.44. The van der Waals surface area contributed by atoms with Crippen LogP contribution in [0.15, 0.2) is 66.2 Å². The van der Waals surface area contributed by atoms with Crippen LogP contribution < -0.4 is 23.8 Å². The second-order valence-corrected chi connectivity index (χ2v) is 8.80. The van der Waals surface area contributed by atoms with Crippen molar-refractivity contribution in [2.45, 2.75) is 26.0 Å². The topological polar surface area (TPSA) is 94.5 Å². The lowest BCUT2D eigenvalue weighted by atomic mass is 9.94. The minimum atomic E-state index is -1.14. The van der Waals surface area contributed by atoms with E-state index < -0.39 is 29.3 Å². The van der Waals surface area contributed by atoms with Crippen molar-refractivity contribution in [3.8, 4) is 23.0 Å². The highest BCUT2D eigenvalue weighted by molar-refractivity contribution is 6.51. The molecule has 1 amide bonds. The predicted molar refractivity (Wildman–Crippen MR) is 139 cm³/mol. The number of halogens is 1. The first-order valence-corrected chi connectivity index (χ1v) is 11.8. The Morgan fingerprint density at radius 2 is 1.58 bits per heavy atom. The van der Waals surface area contributed by atoms with Crippen LogP contribution in [0.4, 0.5) is 10.1 Å². The van der Waals surface area contributed by atoms with Crippen molar-refractivity contribution in [2.24, 2.45) is 0 Å². The van der Waals surface area contributed by atoms with Gasteiger partial charge in [0.15, 0.2) is 11.5 Å². The number of anilines is 1. The molecule has 1 atom stereocenters. The Labute approximate surface area is 219 Å². The van der Waals surface area contributed by atoms with Gasteiger partial charge in [-0.3, -0.25) is 14.5 Å². The predicted octanol–water partition coefficient (Wildman–Crippen LogP) is 5.27. The molecule has 1 unspecified atom stereocenters. The third-order valence-electron chi connectivity index (χ3n) is 6.01. The third kappa shape index (κ3) is 4.87. The number of ketones is 1. The van der Waals surface area contributed by atoms with E-state index in [2.05, 4.69) is 0 Å². The van der Waals surface area contributed by atoms with Crippen LogP contribution in [0.1, 0.15) is 31.0 Å². The summed E-state index contributed by atoms with van der Waals surface area (Å²) in [6.45, 7) is 3.73. The number of nitrogens with zero attached hydrogens (tertiary/aromatic N) is 1. The average molecular weight is 522 g/mol. The molecule has 3 aromatic carbocycles. The largest absolute Gasteiger partial charge is 0.507 e. The van der Waals surface area contributed by atoms with E-state index >= 15 is 0 Å². The highest BCUT2D eigenvalue weighted by Gasteiger charge is 2.47. The quantitative estimate of drug-likeness (QED) is 0.245. The lowest BCUT2D eigenvalue weighted by Crippen LogP contribution is -2.29. The Hall–Kier alpha value is -4.53. The monoisotopic (exact) mass is 521 g/mol. The van der Waals surface area contributed by atoms with Gasteiger partial charge < -0.3 is 24.1 Å². The van der Waals surface area contributed by atoms with Crippen LogP contribution in [-0.2, 0) is 9.59 Å². The number of amides is 1. The molecule has 0 spiro atoms. The summed E-state index contributed by atoms with van der Waals surface area (Å²) in [6, 6.07) is 13.9. The summed E-state index contributed by atoms with van der Waals surface area (Å²) in [5.74, 6) is -1.52. The van der Waals surface area contributed by atoms with E-state index in [4.69, 9.17) is 18.9 Å². The molecule has 0 saturated carbocycles. The number of ether oxygens (including phenoxy) is 4. The number of hydrogen-bond donors (Lipinski definition) is 1. The molecule has 0 aliphatic carbocycles. The first-order chi connectivity index (χ1) is 18.2. The van der Waals surface area contributed by atoms with Gasteiger partial charge in [-0.15, -0.1) is 0 Å². The Morgan fingerprint density at radius 1 is 0.921 bits per heavy atom. The molecule has 8 nitrogen and oxygen atoms in total. The molecule has 1 aliphatic heterocycles. The fourth-order valence-corrected chi connectivity index (χ4v) is 4.44. The van der Waals surface area contributed by atoms with Gasteiger partial charge in [0.05, 0.1) is 39.0 Å². The van der Waals surface area contributed by atoms with Crippen LogP contribution in [0.2, 0.25) is 0 Å². The molecule has 4 rings (SSSR count). The summed E-state index contributed by atoms with van der Waals surface area (Å²) < 4.78 is 36.3. The lowest BCUT2D eigenvalue weighted by molar-refractivity contribution is -0.132. The third-order valence-corrected chi connectivity index (χ3v) is 6.01. The second kappa shape index (κ2) is 10.8. The average Bonchev–Trinajstić information content (AvgIpc) is 3.17. The number of benzene rings is 3. The van der Waals surface area contributed by atoms with Crippen LogP contribution >= 0.6 is 0 Å². The number of rotatable bonds is 8. The molecular weight excluding hydrogens is 493 g/mol. The molecule has 1 aliphatic rings. The fraction of sp³-hybridized carbons (Fsp3) is 0.241. The molecule has 1 saturated heterocycles. The summed E-state index contributed by atoms with van der Waals surface area (Å²) in [5, 5.41) is 11.4. The SMILES string of the molecule is COc1cc(C2/C(=C(\O)c3cccc(OC(C)C)c3)C(=O)C(=O)N2c2cccc(F)c2)cc(OC)c1OC. The molecule has 198 valence electrons. The molecule has 1 N–H and O–H groups in total. The highest BCUT2D eigenvalue weighted by Crippen LogP contribution is 2.47. The number of hydrogen-bond acceptors (Lipinski definition) is 7. The van der Waals surface area contributed by atoms with Gasteiger partial charge in [0.2, 0.25) is 5.75 Å². The Kier molecular flexibility index (Phi) is 7.57. The van der Waals surface area contributed by atoms with E-state index in [-0.39, 0.29) is 34.4 Å². The standard InChI is InChI=1S/C29H28FNO7/c1-16(2)38-21-11-6-8-17(12-21)26(32)24-25(18-13-22(35-3)28(37-5)23(14-18)36-4)31(29(34)27(24)33)20-10-7-9-19(30)15-20/h6-16,25,32H,1-5H3/b26-24+. The minimum absolute atomic E-state index is 0.120. The zero-order valence-electron chi connectivity index (χ0n) is 21.7. The molecular formula is C29H28FNO7. The summed E-state index contributed by atoms with van der Waals surface area (Å²) >= 11 is 0. The maximum Gasteiger partial charge on any atom is 0.300 e. The van der Waals surface area contributed by atoms with Gasteiger partial charge in [0.1, 0.15) is 17.3 Å². The summed E-state index contributed by atoms with van der Waals surface area (Å²) in [5.41, 5.74) is 0.606. The number of carbonyl (C=O) groups excluding carboxylic acids is 2. The maximum atomic E-state index is 14.2. The van der Waals surface area contributed by atoms with Crippen molar-refractivity contribution in [1.82, 2.24) is 0 Å². The van der Waals surface area contributed by atoms with E-state index in [1.54, 1.807) is 36.4 Å². The van der Waals surface area contributed by atoms with Crippen molar-refractivity contribution in [3.05, 3.63) is 83.2 Å². The Morgan fingerprint density at radius 3 is 2.16 bits per heavy atom. The molecule has 38 heavy (non-hydrogen) atoms. The van der Waals surface area contributed by atoms with Gasteiger partial charge in [-0.05, 0) is 61.9 Å². The van der Waals surface area contributed by atoms with Crippen molar-refractivity contribution >= 4 is 23.1 Å². The molecule has 9 heteroatoms. The Bertz CT molecular complexity index is 1390. The molecule has 1 heterocycles. The number of aliphatic hydroxyl groups is 1. The van der Waals surface area contributed by atoms with Crippen LogP contribution in [-0.4, -0.2) is 44.2 Å². The van der Waals surface area contributed by atoms with Crippen molar-refractivity contribution in [3.63, 3.8) is 0 Å². The number of aliphatic hydroxyl groups excluding tert-OH is 1. The summed E-state index contributed by atoms with van der Waals surface area (Å²) in [6.07, 6.45) is -0.120. The van der Waals surface area contributed by atoms with Crippen LogP contribution in [0.3, 0.4) is 0 Å². The van der Waals surface area contributed by atoms with Gasteiger partial charge in [0.25, 0.3) is 11.7 Å². The van der Waals surface area contributed by atoms with E-state index in [1.807, 2.05) is 13.8 Å². The Balaban J connectivity index is 1.99. The maximum absolute atomic E-state index is 14.2. The van der Waals surface area contributed by atoms with Gasteiger partial charge in [0, 0.05) is 11.3 Å². The van der Waals surface area contributed by atoms with Gasteiger partial charge in [-0.2, -0.15) is 0 Å². The number of methoxy groups -OCH3 is 3. The van der Waals surface area contributed by atoms with Crippen molar-refractivity contribution < 1.29 is 38.0 Å². The van der Waals surface area contributed by atoms with Gasteiger partial charge in [-0.25, -0.2) is 4.39 Å². The van der Waals surface area contributed by atoms with Crippen LogP contribution in [0.25, 0.3) is 5.76 Å². The molecule has 0 bridgehead atoms. The second-order valence-electron chi connectivity index (χ2n) is 8.80.